The molecule has 0 radical (unpaired) electrons. The SMILES string of the molecule is C=CCCc1cn(COCC[Si](C)(C)C)cn1. The van der Waals surface area contributed by atoms with Crippen molar-refractivity contribution in [3.63, 3.8) is 0 Å². The zero-order valence-electron chi connectivity index (χ0n) is 11.3. The zero-order valence-corrected chi connectivity index (χ0v) is 12.3. The number of ether oxygens (including phenoxy) is 1. The van der Waals surface area contributed by atoms with Crippen LogP contribution in [0.25, 0.3) is 0 Å². The fourth-order valence-corrected chi connectivity index (χ4v) is 2.16. The first-order valence-electron chi connectivity index (χ1n) is 6.20. The molecule has 0 aliphatic carbocycles. The Morgan fingerprint density at radius 3 is 2.88 bits per heavy atom. The van der Waals surface area contributed by atoms with Gasteiger partial charge >= 0.3 is 0 Å². The van der Waals surface area contributed by atoms with Crippen molar-refractivity contribution < 1.29 is 4.74 Å². The van der Waals surface area contributed by atoms with Gasteiger partial charge in [-0.25, -0.2) is 4.98 Å². The van der Waals surface area contributed by atoms with Crippen molar-refractivity contribution in [1.82, 2.24) is 9.55 Å². The fourth-order valence-electron chi connectivity index (χ4n) is 1.40. The highest BCUT2D eigenvalue weighted by Gasteiger charge is 2.11. The van der Waals surface area contributed by atoms with E-state index in [-0.39, 0.29) is 0 Å². The third-order valence-electron chi connectivity index (χ3n) is 2.53. The van der Waals surface area contributed by atoms with Crippen LogP contribution in [-0.4, -0.2) is 24.2 Å². The lowest BCUT2D eigenvalue weighted by atomic mass is 10.2. The second kappa shape index (κ2) is 6.76. The van der Waals surface area contributed by atoms with Gasteiger partial charge in [-0.1, -0.05) is 25.7 Å². The van der Waals surface area contributed by atoms with Crippen LogP contribution in [0.15, 0.2) is 25.2 Å². The molecule has 0 spiro atoms. The Morgan fingerprint density at radius 1 is 1.47 bits per heavy atom. The molecule has 1 rings (SSSR count). The highest BCUT2D eigenvalue weighted by atomic mass is 28.3. The van der Waals surface area contributed by atoms with Crippen molar-refractivity contribution in [1.29, 1.82) is 0 Å². The van der Waals surface area contributed by atoms with Gasteiger partial charge in [0.25, 0.3) is 0 Å². The van der Waals surface area contributed by atoms with Gasteiger partial charge in [-0.15, -0.1) is 6.58 Å². The van der Waals surface area contributed by atoms with Gasteiger partial charge in [0.15, 0.2) is 0 Å². The van der Waals surface area contributed by atoms with E-state index >= 15 is 0 Å². The van der Waals surface area contributed by atoms with Crippen LogP contribution >= 0.6 is 0 Å². The molecule has 0 bridgehead atoms. The summed E-state index contributed by atoms with van der Waals surface area (Å²) in [6.07, 6.45) is 7.76. The molecule has 0 atom stereocenters. The van der Waals surface area contributed by atoms with Gasteiger partial charge in [-0.3, -0.25) is 0 Å². The third kappa shape index (κ3) is 6.43. The van der Waals surface area contributed by atoms with Crippen LogP contribution < -0.4 is 0 Å². The monoisotopic (exact) mass is 252 g/mol. The van der Waals surface area contributed by atoms with Crippen LogP contribution in [0.3, 0.4) is 0 Å². The molecule has 17 heavy (non-hydrogen) atoms. The number of aromatic nitrogens is 2. The largest absolute Gasteiger partial charge is 0.361 e. The second-order valence-electron chi connectivity index (χ2n) is 5.55. The molecule has 1 aromatic heterocycles. The molecule has 0 N–H and O–H groups in total. The molecule has 4 heteroatoms. The molecule has 0 saturated heterocycles. The Hall–Kier alpha value is -0.873. The van der Waals surface area contributed by atoms with Crippen molar-refractivity contribution in [2.75, 3.05) is 6.61 Å². The summed E-state index contributed by atoms with van der Waals surface area (Å²) in [5, 5.41) is 0. The normalized spacial score (nSPS) is 11.7. The molecule has 0 unspecified atom stereocenters. The molecule has 0 aliphatic rings. The van der Waals surface area contributed by atoms with Gasteiger partial charge in [0.1, 0.15) is 6.73 Å². The van der Waals surface area contributed by atoms with E-state index in [1.54, 1.807) is 0 Å². The minimum atomic E-state index is -0.969. The maximum Gasteiger partial charge on any atom is 0.123 e. The number of imidazole rings is 1. The van der Waals surface area contributed by atoms with Gasteiger partial charge in [-0.2, -0.15) is 0 Å². The van der Waals surface area contributed by atoms with E-state index in [0.717, 1.165) is 25.1 Å². The van der Waals surface area contributed by atoms with Gasteiger partial charge in [0.2, 0.25) is 0 Å². The van der Waals surface area contributed by atoms with E-state index in [0.29, 0.717) is 6.73 Å². The molecule has 1 heterocycles. The average Bonchev–Trinajstić information content (AvgIpc) is 2.68. The van der Waals surface area contributed by atoms with Crippen molar-refractivity contribution in [3.8, 4) is 0 Å². The lowest BCUT2D eigenvalue weighted by molar-refractivity contribution is 0.0871. The Morgan fingerprint density at radius 2 is 2.24 bits per heavy atom. The van der Waals surface area contributed by atoms with Gasteiger partial charge in [0, 0.05) is 20.9 Å². The van der Waals surface area contributed by atoms with Gasteiger partial charge in [-0.05, 0) is 18.9 Å². The topological polar surface area (TPSA) is 27.1 Å². The Labute approximate surface area is 106 Å². The van der Waals surface area contributed by atoms with E-state index in [1.807, 2.05) is 17.0 Å². The molecule has 0 aromatic carbocycles. The first-order chi connectivity index (χ1) is 8.01. The van der Waals surface area contributed by atoms with Crippen molar-refractivity contribution in [2.24, 2.45) is 0 Å². The van der Waals surface area contributed by atoms with Crippen LogP contribution in [0.1, 0.15) is 12.1 Å². The maximum absolute atomic E-state index is 5.65. The number of rotatable bonds is 8. The van der Waals surface area contributed by atoms with E-state index in [2.05, 4.69) is 37.4 Å². The third-order valence-corrected chi connectivity index (χ3v) is 4.23. The first-order valence-corrected chi connectivity index (χ1v) is 9.91. The summed E-state index contributed by atoms with van der Waals surface area (Å²) in [5.41, 5.74) is 1.11. The quantitative estimate of drug-likeness (QED) is 0.403. The predicted octanol–water partition coefficient (Wildman–Crippen LogP) is 3.31. The zero-order chi connectivity index (χ0) is 12.7. The summed E-state index contributed by atoms with van der Waals surface area (Å²) < 4.78 is 7.65. The van der Waals surface area contributed by atoms with Crippen molar-refractivity contribution in [3.05, 3.63) is 30.9 Å². The molecule has 0 amide bonds. The summed E-state index contributed by atoms with van der Waals surface area (Å²) in [6, 6.07) is 1.21. The Bertz CT molecular complexity index is 341. The van der Waals surface area contributed by atoms with Gasteiger partial charge < -0.3 is 9.30 Å². The summed E-state index contributed by atoms with van der Waals surface area (Å²) in [4.78, 5) is 4.33. The van der Waals surface area contributed by atoms with Crippen LogP contribution in [-0.2, 0) is 17.9 Å². The molecule has 0 saturated carbocycles. The maximum atomic E-state index is 5.65. The lowest BCUT2D eigenvalue weighted by Gasteiger charge is -2.15. The molecular weight excluding hydrogens is 228 g/mol. The van der Waals surface area contributed by atoms with Crippen molar-refractivity contribution in [2.45, 2.75) is 45.3 Å². The predicted molar refractivity (Wildman–Crippen MR) is 74.9 cm³/mol. The first kappa shape index (κ1) is 14.2. The van der Waals surface area contributed by atoms with Crippen molar-refractivity contribution >= 4 is 8.07 Å². The fraction of sp³-hybridized carbons (Fsp3) is 0.615. The number of hydrogen-bond acceptors (Lipinski definition) is 2. The summed E-state index contributed by atoms with van der Waals surface area (Å²) >= 11 is 0. The molecule has 1 aromatic rings. The van der Waals surface area contributed by atoms with Gasteiger partial charge in [0.05, 0.1) is 12.0 Å². The summed E-state index contributed by atoms with van der Waals surface area (Å²) in [6.45, 7) is 12.3. The molecule has 3 nitrogen and oxygen atoms in total. The highest BCUT2D eigenvalue weighted by Crippen LogP contribution is 2.08. The highest BCUT2D eigenvalue weighted by molar-refractivity contribution is 6.76. The van der Waals surface area contributed by atoms with Crippen LogP contribution in [0.5, 0.6) is 0 Å². The number of aryl methyl sites for hydroxylation is 1. The molecule has 0 aliphatic heterocycles. The molecule has 0 fully saturated rings. The summed E-state index contributed by atoms with van der Waals surface area (Å²) in [7, 11) is -0.969. The van der Waals surface area contributed by atoms with Crippen LogP contribution in [0, 0.1) is 0 Å². The second-order valence-corrected chi connectivity index (χ2v) is 11.2. The number of nitrogens with zero attached hydrogens (tertiary/aromatic N) is 2. The minimum Gasteiger partial charge on any atom is -0.361 e. The van der Waals surface area contributed by atoms with E-state index in [1.165, 1.54) is 6.04 Å². The number of allylic oxidation sites excluding steroid dienone is 1. The summed E-state index contributed by atoms with van der Waals surface area (Å²) in [5.74, 6) is 0. The number of hydrogen-bond donors (Lipinski definition) is 0. The standard InChI is InChI=1S/C13H24N2OSi/c1-5-6-7-13-10-15(11-14-13)12-16-8-9-17(2,3)4/h5,10-11H,1,6-9,12H2,2-4H3. The smallest absolute Gasteiger partial charge is 0.123 e. The molecular formula is C13H24N2OSi. The molecule has 96 valence electrons. The lowest BCUT2D eigenvalue weighted by Crippen LogP contribution is -2.21. The average molecular weight is 252 g/mol. The van der Waals surface area contributed by atoms with E-state index < -0.39 is 8.07 Å². The van der Waals surface area contributed by atoms with E-state index in [4.69, 9.17) is 4.74 Å². The van der Waals surface area contributed by atoms with Crippen LogP contribution in [0.2, 0.25) is 25.7 Å². The van der Waals surface area contributed by atoms with E-state index in [9.17, 15) is 0 Å². The minimum absolute atomic E-state index is 0.617. The van der Waals surface area contributed by atoms with Crippen LogP contribution in [0.4, 0.5) is 0 Å². The Kier molecular flexibility index (Phi) is 5.65. The Balaban J connectivity index is 2.23.